The minimum atomic E-state index is -0.807. The highest BCUT2D eigenvalue weighted by Crippen LogP contribution is 2.33. The molecule has 0 aliphatic rings. The van der Waals surface area contributed by atoms with Crippen LogP contribution in [0.2, 0.25) is 0 Å². The fraction of sp³-hybridized carbons (Fsp3) is 0.276. The van der Waals surface area contributed by atoms with Crippen LogP contribution in [0.25, 0.3) is 5.69 Å². The van der Waals surface area contributed by atoms with E-state index in [1.165, 1.54) is 6.07 Å². The quantitative estimate of drug-likeness (QED) is 0.274. The van der Waals surface area contributed by atoms with E-state index in [1.807, 2.05) is 81.4 Å². The predicted octanol–water partition coefficient (Wildman–Crippen LogP) is 5.90. The molecule has 8 heteroatoms. The van der Waals surface area contributed by atoms with Gasteiger partial charge in [-0.25, -0.2) is 13.5 Å². The van der Waals surface area contributed by atoms with Gasteiger partial charge < -0.3 is 14.6 Å². The van der Waals surface area contributed by atoms with Crippen molar-refractivity contribution in [2.24, 2.45) is 0 Å². The highest BCUT2D eigenvalue weighted by atomic mass is 19.1. The number of hydrogen-bond acceptors (Lipinski definition) is 5. The molecule has 6 nitrogen and oxygen atoms in total. The third-order valence-corrected chi connectivity index (χ3v) is 5.96. The maximum Gasteiger partial charge on any atom is 0.227 e. The summed E-state index contributed by atoms with van der Waals surface area (Å²) in [7, 11) is 0. The Morgan fingerprint density at radius 3 is 2.30 bits per heavy atom. The maximum absolute atomic E-state index is 14.5. The first-order valence-corrected chi connectivity index (χ1v) is 12.2. The van der Waals surface area contributed by atoms with Crippen LogP contribution in [-0.4, -0.2) is 45.1 Å². The van der Waals surface area contributed by atoms with E-state index in [0.717, 1.165) is 23.4 Å². The fourth-order valence-electron chi connectivity index (χ4n) is 3.93. The summed E-state index contributed by atoms with van der Waals surface area (Å²) in [5.74, 6) is -0.578. The second-order valence-corrected chi connectivity index (χ2v) is 9.09. The lowest BCUT2D eigenvalue weighted by Crippen LogP contribution is -2.39. The summed E-state index contributed by atoms with van der Waals surface area (Å²) in [6.45, 7) is 6.78. The number of ether oxygens (including phenoxy) is 2. The largest absolute Gasteiger partial charge is 0.491 e. The van der Waals surface area contributed by atoms with Crippen LogP contribution in [0.5, 0.6) is 17.4 Å². The van der Waals surface area contributed by atoms with Crippen molar-refractivity contribution < 1.29 is 23.4 Å². The van der Waals surface area contributed by atoms with Crippen molar-refractivity contribution in [3.8, 4) is 23.1 Å². The number of hydrogen-bond donors (Lipinski definition) is 1. The zero-order chi connectivity index (χ0) is 26.4. The SMILES string of the molecule is Cc1nn(-c2ccccc2)c(Oc2ccc(F)cc2F)c1CN(C[C@@H](O)COc1ccccc1)C(C)C. The van der Waals surface area contributed by atoms with Gasteiger partial charge in [0, 0.05) is 25.2 Å². The van der Waals surface area contributed by atoms with Crippen LogP contribution in [0, 0.1) is 18.6 Å². The number of para-hydroxylation sites is 2. The average Bonchev–Trinajstić information content (AvgIpc) is 3.19. The van der Waals surface area contributed by atoms with Crippen molar-refractivity contribution in [1.82, 2.24) is 14.7 Å². The van der Waals surface area contributed by atoms with E-state index in [2.05, 4.69) is 10.00 Å². The van der Waals surface area contributed by atoms with E-state index in [1.54, 1.807) is 4.68 Å². The molecule has 0 aliphatic heterocycles. The molecule has 3 aromatic carbocycles. The molecule has 37 heavy (non-hydrogen) atoms. The summed E-state index contributed by atoms with van der Waals surface area (Å²) >= 11 is 0. The normalized spacial score (nSPS) is 12.2. The topological polar surface area (TPSA) is 59.8 Å². The highest BCUT2D eigenvalue weighted by Gasteiger charge is 2.25. The Morgan fingerprint density at radius 2 is 1.65 bits per heavy atom. The summed E-state index contributed by atoms with van der Waals surface area (Å²) in [5, 5.41) is 15.4. The van der Waals surface area contributed by atoms with E-state index in [9.17, 15) is 13.9 Å². The standard InChI is InChI=1S/C29H31F2N3O3/c1-20(2)33(17-24(35)19-36-25-12-8-5-9-13-25)18-26-21(3)32-34(23-10-6-4-7-11-23)29(26)37-28-15-14-22(30)16-27(28)31/h4-16,20,24,35H,17-19H2,1-3H3/t24-/m1/s1. The Labute approximate surface area is 215 Å². The molecular weight excluding hydrogens is 476 g/mol. The Kier molecular flexibility index (Phi) is 8.53. The lowest BCUT2D eigenvalue weighted by atomic mass is 10.2. The monoisotopic (exact) mass is 507 g/mol. The third kappa shape index (κ3) is 6.72. The fourth-order valence-corrected chi connectivity index (χ4v) is 3.93. The van der Waals surface area contributed by atoms with E-state index in [-0.39, 0.29) is 18.4 Å². The van der Waals surface area contributed by atoms with Crippen LogP contribution in [-0.2, 0) is 6.54 Å². The Morgan fingerprint density at radius 1 is 0.973 bits per heavy atom. The first kappa shape index (κ1) is 26.3. The minimum Gasteiger partial charge on any atom is -0.491 e. The summed E-state index contributed by atoms with van der Waals surface area (Å²) < 4.78 is 41.4. The van der Waals surface area contributed by atoms with Gasteiger partial charge in [-0.05, 0) is 57.2 Å². The molecule has 0 unspecified atom stereocenters. The lowest BCUT2D eigenvalue weighted by molar-refractivity contribution is 0.0539. The molecule has 1 aromatic heterocycles. The van der Waals surface area contributed by atoms with E-state index < -0.39 is 17.7 Å². The summed E-state index contributed by atoms with van der Waals surface area (Å²) in [6.07, 6.45) is -0.744. The molecule has 0 aliphatic carbocycles. The maximum atomic E-state index is 14.5. The van der Waals surface area contributed by atoms with E-state index in [0.29, 0.717) is 30.4 Å². The van der Waals surface area contributed by atoms with Crippen molar-refractivity contribution >= 4 is 0 Å². The molecule has 4 aromatic rings. The predicted molar refractivity (Wildman–Crippen MR) is 138 cm³/mol. The van der Waals surface area contributed by atoms with E-state index >= 15 is 0 Å². The number of halogens is 2. The molecule has 4 rings (SSSR count). The van der Waals surface area contributed by atoms with Crippen molar-refractivity contribution in [2.45, 2.75) is 39.5 Å². The van der Waals surface area contributed by atoms with Gasteiger partial charge in [0.15, 0.2) is 11.6 Å². The van der Waals surface area contributed by atoms with Gasteiger partial charge in [-0.15, -0.1) is 0 Å². The van der Waals surface area contributed by atoms with Gasteiger partial charge in [-0.3, -0.25) is 4.90 Å². The summed E-state index contributed by atoms with van der Waals surface area (Å²) in [4.78, 5) is 2.08. The molecule has 0 amide bonds. The first-order chi connectivity index (χ1) is 17.8. The van der Waals surface area contributed by atoms with Crippen LogP contribution >= 0.6 is 0 Å². The van der Waals surface area contributed by atoms with Gasteiger partial charge >= 0.3 is 0 Å². The number of aliphatic hydroxyl groups excluding tert-OH is 1. The van der Waals surface area contributed by atoms with Gasteiger partial charge in [0.2, 0.25) is 5.88 Å². The van der Waals surface area contributed by atoms with Crippen molar-refractivity contribution in [3.05, 3.63) is 102 Å². The third-order valence-electron chi connectivity index (χ3n) is 5.96. The second-order valence-electron chi connectivity index (χ2n) is 9.09. The van der Waals surface area contributed by atoms with Crippen LogP contribution in [0.15, 0.2) is 78.9 Å². The Bertz CT molecular complexity index is 1300. The van der Waals surface area contributed by atoms with Gasteiger partial charge in [0.25, 0.3) is 0 Å². The Balaban J connectivity index is 1.61. The molecule has 0 radical (unpaired) electrons. The molecule has 1 N–H and O–H groups in total. The second kappa shape index (κ2) is 12.0. The highest BCUT2D eigenvalue weighted by molar-refractivity contribution is 5.43. The van der Waals surface area contributed by atoms with Crippen molar-refractivity contribution in [1.29, 1.82) is 0 Å². The van der Waals surface area contributed by atoms with Gasteiger partial charge in [-0.1, -0.05) is 36.4 Å². The molecule has 0 fully saturated rings. The molecule has 0 saturated heterocycles. The molecular formula is C29H31F2N3O3. The summed E-state index contributed by atoms with van der Waals surface area (Å²) in [5.41, 5.74) is 2.17. The van der Waals surface area contributed by atoms with Crippen LogP contribution in [0.4, 0.5) is 8.78 Å². The number of aliphatic hydroxyl groups is 1. The average molecular weight is 508 g/mol. The number of benzene rings is 3. The zero-order valence-electron chi connectivity index (χ0n) is 21.1. The van der Waals surface area contributed by atoms with Crippen LogP contribution < -0.4 is 9.47 Å². The van der Waals surface area contributed by atoms with Crippen LogP contribution in [0.3, 0.4) is 0 Å². The molecule has 1 atom stereocenters. The molecule has 1 heterocycles. The van der Waals surface area contributed by atoms with Crippen molar-refractivity contribution in [3.63, 3.8) is 0 Å². The van der Waals surface area contributed by atoms with Crippen LogP contribution in [0.1, 0.15) is 25.1 Å². The van der Waals surface area contributed by atoms with Gasteiger partial charge in [-0.2, -0.15) is 5.10 Å². The lowest BCUT2D eigenvalue weighted by Gasteiger charge is -2.29. The van der Waals surface area contributed by atoms with Gasteiger partial charge in [0.05, 0.1) is 16.9 Å². The first-order valence-electron chi connectivity index (χ1n) is 12.2. The molecule has 0 spiro atoms. The Hall–Kier alpha value is -3.75. The molecule has 194 valence electrons. The number of aryl methyl sites for hydroxylation is 1. The number of nitrogens with zero attached hydrogens (tertiary/aromatic N) is 3. The number of aromatic nitrogens is 2. The van der Waals surface area contributed by atoms with Crippen molar-refractivity contribution in [2.75, 3.05) is 13.2 Å². The van der Waals surface area contributed by atoms with E-state index in [4.69, 9.17) is 9.47 Å². The zero-order valence-corrected chi connectivity index (χ0v) is 21.1. The van der Waals surface area contributed by atoms with Gasteiger partial charge in [0.1, 0.15) is 24.3 Å². The minimum absolute atomic E-state index is 0.0706. The number of rotatable bonds is 11. The molecule has 0 bridgehead atoms. The summed E-state index contributed by atoms with van der Waals surface area (Å²) in [6, 6.07) is 22.0. The molecule has 0 saturated carbocycles. The smallest absolute Gasteiger partial charge is 0.227 e.